The predicted octanol–water partition coefficient (Wildman–Crippen LogP) is 2.01. The highest BCUT2D eigenvalue weighted by Gasteiger charge is 2.26. The van der Waals surface area contributed by atoms with Gasteiger partial charge in [-0.1, -0.05) is 12.1 Å². The number of anilines is 2. The van der Waals surface area contributed by atoms with Crippen LogP contribution >= 0.6 is 0 Å². The van der Waals surface area contributed by atoms with Gasteiger partial charge in [-0.15, -0.1) is 0 Å². The van der Waals surface area contributed by atoms with Gasteiger partial charge in [0.1, 0.15) is 11.5 Å². The molecule has 0 saturated carbocycles. The van der Waals surface area contributed by atoms with Crippen LogP contribution in [0.3, 0.4) is 0 Å². The summed E-state index contributed by atoms with van der Waals surface area (Å²) in [4.78, 5) is 29.1. The van der Waals surface area contributed by atoms with Crippen molar-refractivity contribution in [2.45, 2.75) is 0 Å². The first-order valence-corrected chi connectivity index (χ1v) is 9.97. The Morgan fingerprint density at radius 2 is 1.93 bits per heavy atom. The van der Waals surface area contributed by atoms with Gasteiger partial charge in [-0.3, -0.25) is 14.5 Å². The number of nitrogens with one attached hydrogen (secondary N) is 1. The van der Waals surface area contributed by atoms with Crippen LogP contribution < -0.4 is 19.7 Å². The largest absolute Gasteiger partial charge is 0.496 e. The number of ether oxygens (including phenoxy) is 3. The maximum Gasteiger partial charge on any atom is 0.265 e. The molecule has 2 aliphatic heterocycles. The van der Waals surface area contributed by atoms with E-state index in [1.54, 1.807) is 35.2 Å². The molecule has 0 bridgehead atoms. The Morgan fingerprint density at radius 3 is 2.73 bits per heavy atom. The first kappa shape index (κ1) is 20.2. The van der Waals surface area contributed by atoms with Crippen LogP contribution in [0.4, 0.5) is 11.4 Å². The number of benzene rings is 2. The summed E-state index contributed by atoms with van der Waals surface area (Å²) in [6.45, 7) is 4.55. The van der Waals surface area contributed by atoms with Crippen LogP contribution in [0.25, 0.3) is 0 Å². The van der Waals surface area contributed by atoms with Crippen molar-refractivity contribution in [3.8, 4) is 11.5 Å². The SMILES string of the molecule is COc1ccccc1C(=O)Nc1ccc2c(c1)OCC(=O)N2CCN1CCOCC1. The first-order valence-electron chi connectivity index (χ1n) is 9.97. The van der Waals surface area contributed by atoms with Gasteiger partial charge >= 0.3 is 0 Å². The Bertz CT molecular complexity index is 927. The fourth-order valence-corrected chi connectivity index (χ4v) is 3.62. The molecule has 4 rings (SSSR count). The third-order valence-corrected chi connectivity index (χ3v) is 5.26. The zero-order chi connectivity index (χ0) is 20.9. The molecule has 1 N–H and O–H groups in total. The Labute approximate surface area is 175 Å². The topological polar surface area (TPSA) is 80.3 Å². The van der Waals surface area contributed by atoms with E-state index < -0.39 is 0 Å². The number of nitrogens with zero attached hydrogens (tertiary/aromatic N) is 2. The molecule has 8 heteroatoms. The fourth-order valence-electron chi connectivity index (χ4n) is 3.62. The van der Waals surface area contributed by atoms with Gasteiger partial charge in [-0.05, 0) is 24.3 Å². The first-order chi connectivity index (χ1) is 14.7. The number of amides is 2. The Kier molecular flexibility index (Phi) is 6.15. The molecular weight excluding hydrogens is 386 g/mol. The molecule has 2 aromatic rings. The Morgan fingerprint density at radius 1 is 1.13 bits per heavy atom. The third kappa shape index (κ3) is 4.39. The summed E-state index contributed by atoms with van der Waals surface area (Å²) in [6.07, 6.45) is 0. The van der Waals surface area contributed by atoms with Crippen LogP contribution in [0, 0.1) is 0 Å². The Hall–Kier alpha value is -3.10. The van der Waals surface area contributed by atoms with Crippen LogP contribution in [0.15, 0.2) is 42.5 Å². The molecule has 30 heavy (non-hydrogen) atoms. The molecule has 2 aliphatic rings. The van der Waals surface area contributed by atoms with Crippen molar-refractivity contribution >= 4 is 23.2 Å². The molecule has 1 saturated heterocycles. The highest BCUT2D eigenvalue weighted by molar-refractivity contribution is 6.06. The summed E-state index contributed by atoms with van der Waals surface area (Å²) < 4.78 is 16.3. The van der Waals surface area contributed by atoms with Gasteiger partial charge in [-0.25, -0.2) is 0 Å². The molecular formula is C22H25N3O5. The van der Waals surface area contributed by atoms with Crippen LogP contribution in [0.5, 0.6) is 11.5 Å². The quantitative estimate of drug-likeness (QED) is 0.783. The van der Waals surface area contributed by atoms with Gasteiger partial charge in [0.25, 0.3) is 11.8 Å². The van der Waals surface area contributed by atoms with Crippen molar-refractivity contribution < 1.29 is 23.8 Å². The molecule has 158 valence electrons. The van der Waals surface area contributed by atoms with E-state index in [0.717, 1.165) is 38.5 Å². The number of fused-ring (bicyclic) bond motifs is 1. The van der Waals surface area contributed by atoms with Gasteiger partial charge < -0.3 is 24.4 Å². The van der Waals surface area contributed by atoms with Crippen LogP contribution in [0.1, 0.15) is 10.4 Å². The fraction of sp³-hybridized carbons (Fsp3) is 0.364. The number of hydrogen-bond donors (Lipinski definition) is 1. The maximum atomic E-state index is 12.6. The summed E-state index contributed by atoms with van der Waals surface area (Å²) >= 11 is 0. The molecule has 0 atom stereocenters. The van der Waals surface area contributed by atoms with Crippen molar-refractivity contribution in [3.05, 3.63) is 48.0 Å². The highest BCUT2D eigenvalue weighted by Crippen LogP contribution is 2.34. The molecule has 8 nitrogen and oxygen atoms in total. The lowest BCUT2D eigenvalue weighted by atomic mass is 10.1. The minimum Gasteiger partial charge on any atom is -0.496 e. The smallest absolute Gasteiger partial charge is 0.265 e. The zero-order valence-electron chi connectivity index (χ0n) is 16.9. The second-order valence-electron chi connectivity index (χ2n) is 7.12. The molecule has 0 radical (unpaired) electrons. The molecule has 0 aromatic heterocycles. The summed E-state index contributed by atoms with van der Waals surface area (Å²) in [7, 11) is 1.53. The van der Waals surface area contributed by atoms with Gasteiger partial charge in [0.15, 0.2) is 6.61 Å². The monoisotopic (exact) mass is 411 g/mol. The predicted molar refractivity (Wildman–Crippen MR) is 112 cm³/mol. The maximum absolute atomic E-state index is 12.6. The normalized spacial score (nSPS) is 16.6. The van der Waals surface area contributed by atoms with Gasteiger partial charge in [0.05, 0.1) is 31.6 Å². The lowest BCUT2D eigenvalue weighted by Crippen LogP contribution is -2.45. The van der Waals surface area contributed by atoms with Crippen LogP contribution in [-0.4, -0.2) is 69.8 Å². The Balaban J connectivity index is 1.47. The summed E-state index contributed by atoms with van der Waals surface area (Å²) in [5.74, 6) is 0.739. The number of morpholine rings is 1. The summed E-state index contributed by atoms with van der Waals surface area (Å²) in [6, 6.07) is 12.4. The third-order valence-electron chi connectivity index (χ3n) is 5.26. The van der Waals surface area contributed by atoms with E-state index in [9.17, 15) is 9.59 Å². The molecule has 2 heterocycles. The van der Waals surface area contributed by atoms with E-state index in [2.05, 4.69) is 10.2 Å². The number of hydrogen-bond acceptors (Lipinski definition) is 6. The average Bonchev–Trinajstić information content (AvgIpc) is 2.79. The van der Waals surface area contributed by atoms with Crippen molar-refractivity contribution in [1.82, 2.24) is 4.90 Å². The van der Waals surface area contributed by atoms with Gasteiger partial charge in [0, 0.05) is 37.9 Å². The average molecular weight is 411 g/mol. The van der Waals surface area contributed by atoms with Crippen molar-refractivity contribution in [3.63, 3.8) is 0 Å². The van der Waals surface area contributed by atoms with Crippen LogP contribution in [0.2, 0.25) is 0 Å². The van der Waals surface area contributed by atoms with E-state index in [-0.39, 0.29) is 18.4 Å². The summed E-state index contributed by atoms with van der Waals surface area (Å²) in [5.41, 5.74) is 1.75. The minimum atomic E-state index is -0.275. The lowest BCUT2D eigenvalue weighted by molar-refractivity contribution is -0.121. The number of methoxy groups -OCH3 is 1. The molecule has 0 aliphatic carbocycles. The van der Waals surface area contributed by atoms with E-state index in [1.165, 1.54) is 7.11 Å². The van der Waals surface area contributed by atoms with Crippen molar-refractivity contribution in [2.24, 2.45) is 0 Å². The van der Waals surface area contributed by atoms with Crippen molar-refractivity contribution in [2.75, 3.05) is 63.3 Å². The second kappa shape index (κ2) is 9.15. The van der Waals surface area contributed by atoms with E-state index >= 15 is 0 Å². The lowest BCUT2D eigenvalue weighted by Gasteiger charge is -2.33. The van der Waals surface area contributed by atoms with E-state index in [1.807, 2.05) is 12.1 Å². The van der Waals surface area contributed by atoms with Gasteiger partial charge in [-0.2, -0.15) is 0 Å². The highest BCUT2D eigenvalue weighted by atomic mass is 16.5. The minimum absolute atomic E-state index is 0.0139. The number of carbonyl (C=O) groups excluding carboxylic acids is 2. The summed E-state index contributed by atoms with van der Waals surface area (Å²) in [5, 5.41) is 2.87. The van der Waals surface area contributed by atoms with Crippen molar-refractivity contribution in [1.29, 1.82) is 0 Å². The van der Waals surface area contributed by atoms with E-state index in [4.69, 9.17) is 14.2 Å². The number of para-hydroxylation sites is 1. The molecule has 0 spiro atoms. The molecule has 2 amide bonds. The molecule has 0 unspecified atom stereocenters. The van der Waals surface area contributed by atoms with Crippen LogP contribution in [-0.2, 0) is 9.53 Å². The standard InChI is InChI=1S/C22H25N3O5/c1-28-19-5-3-2-4-17(19)22(27)23-16-6-7-18-20(14-16)30-15-21(26)25(18)9-8-24-10-12-29-13-11-24/h2-7,14H,8-13,15H2,1H3,(H,23,27). The zero-order valence-corrected chi connectivity index (χ0v) is 16.9. The van der Waals surface area contributed by atoms with Gasteiger partial charge in [0.2, 0.25) is 0 Å². The molecule has 1 fully saturated rings. The number of rotatable bonds is 6. The van der Waals surface area contributed by atoms with E-state index in [0.29, 0.717) is 29.3 Å². The molecule has 2 aromatic carbocycles. The number of carbonyl (C=O) groups is 2. The second-order valence-corrected chi connectivity index (χ2v) is 7.12.